The zero-order chi connectivity index (χ0) is 14.8. The maximum absolute atomic E-state index is 12.4. The summed E-state index contributed by atoms with van der Waals surface area (Å²) >= 11 is 1.57. The van der Waals surface area contributed by atoms with Crippen molar-refractivity contribution in [2.75, 3.05) is 13.1 Å². The number of carbonyl (C=O) groups excluding carboxylic acids is 1. The second-order valence-corrected chi connectivity index (χ2v) is 6.95. The Labute approximate surface area is 129 Å². The maximum Gasteiger partial charge on any atom is 0.235 e. The molecule has 110 valence electrons. The number of carbonyl (C=O) groups is 1. The number of amides is 1. The predicted octanol–water partition coefficient (Wildman–Crippen LogP) is 3.65. The fraction of sp³-hybridized carbons (Fsp3) is 0.412. The van der Waals surface area contributed by atoms with Crippen LogP contribution >= 0.6 is 11.8 Å². The lowest BCUT2D eigenvalue weighted by atomic mass is 10.1. The van der Waals surface area contributed by atoms with Gasteiger partial charge in [0.05, 0.1) is 15.8 Å². The molecule has 1 amide bonds. The lowest BCUT2D eigenvalue weighted by Gasteiger charge is -2.19. The van der Waals surface area contributed by atoms with Crippen LogP contribution < -0.4 is 0 Å². The Morgan fingerprint density at radius 1 is 1.29 bits per heavy atom. The lowest BCUT2D eigenvalue weighted by molar-refractivity contribution is -0.129. The van der Waals surface area contributed by atoms with E-state index in [2.05, 4.69) is 24.0 Å². The molecule has 21 heavy (non-hydrogen) atoms. The van der Waals surface area contributed by atoms with Crippen LogP contribution in [-0.4, -0.2) is 34.1 Å². The van der Waals surface area contributed by atoms with E-state index in [0.29, 0.717) is 0 Å². The zero-order valence-corrected chi connectivity index (χ0v) is 13.3. The van der Waals surface area contributed by atoms with Gasteiger partial charge in [0.25, 0.3) is 0 Å². The molecule has 0 N–H and O–H groups in total. The molecule has 0 saturated carbocycles. The van der Waals surface area contributed by atoms with E-state index in [1.807, 2.05) is 30.0 Å². The van der Waals surface area contributed by atoms with Crippen LogP contribution in [-0.2, 0) is 4.79 Å². The predicted molar refractivity (Wildman–Crippen MR) is 87.6 cm³/mol. The zero-order valence-electron chi connectivity index (χ0n) is 12.5. The highest BCUT2D eigenvalue weighted by molar-refractivity contribution is 8.00. The second kappa shape index (κ2) is 6.06. The number of hydrogen-bond donors (Lipinski definition) is 0. The first-order valence-corrected chi connectivity index (χ1v) is 8.35. The topological polar surface area (TPSA) is 33.2 Å². The van der Waals surface area contributed by atoms with Gasteiger partial charge in [-0.3, -0.25) is 4.79 Å². The molecule has 0 spiro atoms. The third-order valence-electron chi connectivity index (χ3n) is 3.96. The monoisotopic (exact) mass is 300 g/mol. The molecule has 4 heteroatoms. The van der Waals surface area contributed by atoms with Gasteiger partial charge >= 0.3 is 0 Å². The van der Waals surface area contributed by atoms with E-state index in [0.717, 1.165) is 36.5 Å². The number of rotatable bonds is 3. The fourth-order valence-electron chi connectivity index (χ4n) is 2.81. The van der Waals surface area contributed by atoms with Crippen molar-refractivity contribution >= 4 is 28.6 Å². The Morgan fingerprint density at radius 3 is 2.76 bits per heavy atom. The number of pyridine rings is 1. The first-order valence-electron chi connectivity index (χ1n) is 7.47. The number of aromatic nitrogens is 1. The van der Waals surface area contributed by atoms with Crippen LogP contribution in [0.5, 0.6) is 0 Å². The number of aryl methyl sites for hydroxylation is 1. The molecule has 3 rings (SSSR count). The molecule has 0 radical (unpaired) electrons. The number of thioether (sulfide) groups is 1. The molecule has 3 nitrogen and oxygen atoms in total. The molecule has 0 bridgehead atoms. The summed E-state index contributed by atoms with van der Waals surface area (Å²) in [5.41, 5.74) is 2.21. The third kappa shape index (κ3) is 3.05. The number of fused-ring (bicyclic) bond motifs is 1. The first-order chi connectivity index (χ1) is 10.1. The Kier molecular flexibility index (Phi) is 4.15. The molecule has 1 saturated heterocycles. The number of benzene rings is 1. The molecule has 1 atom stereocenters. The van der Waals surface area contributed by atoms with Gasteiger partial charge < -0.3 is 4.90 Å². The summed E-state index contributed by atoms with van der Waals surface area (Å²) in [4.78, 5) is 19.0. The summed E-state index contributed by atoms with van der Waals surface area (Å²) < 4.78 is 0. The Balaban J connectivity index is 1.79. The van der Waals surface area contributed by atoms with Gasteiger partial charge in [0, 0.05) is 18.5 Å². The molecule has 1 aromatic heterocycles. The minimum absolute atomic E-state index is 0.0730. The molecule has 0 aliphatic carbocycles. The van der Waals surface area contributed by atoms with Crippen LogP contribution in [0.1, 0.15) is 25.3 Å². The molecular formula is C17H20N2OS. The van der Waals surface area contributed by atoms with Crippen molar-refractivity contribution in [1.82, 2.24) is 9.88 Å². The fourth-order valence-corrected chi connectivity index (χ4v) is 3.81. The van der Waals surface area contributed by atoms with E-state index >= 15 is 0 Å². The summed E-state index contributed by atoms with van der Waals surface area (Å²) in [5.74, 6) is 0.241. The van der Waals surface area contributed by atoms with Crippen LogP contribution in [0.3, 0.4) is 0 Å². The van der Waals surface area contributed by atoms with E-state index in [4.69, 9.17) is 0 Å². The van der Waals surface area contributed by atoms with Crippen molar-refractivity contribution in [3.8, 4) is 0 Å². The highest BCUT2D eigenvalue weighted by Gasteiger charge is 2.24. The van der Waals surface area contributed by atoms with Crippen molar-refractivity contribution in [2.24, 2.45) is 0 Å². The van der Waals surface area contributed by atoms with Gasteiger partial charge in [0.1, 0.15) is 0 Å². The van der Waals surface area contributed by atoms with Gasteiger partial charge in [-0.2, -0.15) is 0 Å². The van der Waals surface area contributed by atoms with Crippen LogP contribution in [0.15, 0.2) is 35.4 Å². The summed E-state index contributed by atoms with van der Waals surface area (Å²) in [5, 5.41) is 2.04. The Morgan fingerprint density at radius 2 is 2.00 bits per heavy atom. The van der Waals surface area contributed by atoms with Crippen molar-refractivity contribution in [1.29, 1.82) is 0 Å². The first kappa shape index (κ1) is 14.4. The van der Waals surface area contributed by atoms with Crippen LogP contribution in [0.4, 0.5) is 0 Å². The van der Waals surface area contributed by atoms with Crippen LogP contribution in [0.2, 0.25) is 0 Å². The standard InChI is InChI=1S/C17H20N2OS/c1-12-11-16(18-15-8-4-3-7-14(12)15)21-13(2)17(20)19-9-5-6-10-19/h3-4,7-8,11,13H,5-6,9-10H2,1-2H3/t13-/m0/s1. The lowest BCUT2D eigenvalue weighted by Crippen LogP contribution is -2.34. The number of nitrogens with zero attached hydrogens (tertiary/aromatic N) is 2. The maximum atomic E-state index is 12.4. The number of para-hydroxylation sites is 1. The number of likely N-dealkylation sites (tertiary alicyclic amines) is 1. The van der Waals surface area contributed by atoms with E-state index in [9.17, 15) is 4.79 Å². The highest BCUT2D eigenvalue weighted by atomic mass is 32.2. The minimum Gasteiger partial charge on any atom is -0.342 e. The molecular weight excluding hydrogens is 280 g/mol. The van der Waals surface area contributed by atoms with Gasteiger partial charge in [-0.15, -0.1) is 0 Å². The van der Waals surface area contributed by atoms with Gasteiger partial charge in [-0.05, 0) is 44.4 Å². The smallest absolute Gasteiger partial charge is 0.235 e. The van der Waals surface area contributed by atoms with Crippen molar-refractivity contribution < 1.29 is 4.79 Å². The van der Waals surface area contributed by atoms with Gasteiger partial charge in [-0.1, -0.05) is 30.0 Å². The molecule has 1 aromatic carbocycles. The van der Waals surface area contributed by atoms with Gasteiger partial charge in [0.15, 0.2) is 0 Å². The average Bonchev–Trinajstić information content (AvgIpc) is 3.00. The molecule has 0 unspecified atom stereocenters. The van der Waals surface area contributed by atoms with Crippen molar-refractivity contribution in [2.45, 2.75) is 37.0 Å². The molecule has 1 aliphatic rings. The molecule has 1 fully saturated rings. The minimum atomic E-state index is -0.0730. The average molecular weight is 300 g/mol. The molecule has 1 aliphatic heterocycles. The summed E-state index contributed by atoms with van der Waals surface area (Å²) in [7, 11) is 0. The van der Waals surface area contributed by atoms with E-state index in [1.54, 1.807) is 11.8 Å². The molecule has 2 heterocycles. The molecule has 2 aromatic rings. The Bertz CT molecular complexity index is 665. The Hall–Kier alpha value is -1.55. The SMILES string of the molecule is Cc1cc(S[C@@H](C)C(=O)N2CCCC2)nc2ccccc12. The van der Waals surface area contributed by atoms with Crippen molar-refractivity contribution in [3.05, 3.63) is 35.9 Å². The second-order valence-electron chi connectivity index (χ2n) is 5.59. The van der Waals surface area contributed by atoms with Crippen LogP contribution in [0, 0.1) is 6.92 Å². The van der Waals surface area contributed by atoms with Crippen molar-refractivity contribution in [3.63, 3.8) is 0 Å². The normalized spacial score (nSPS) is 16.4. The summed E-state index contributed by atoms with van der Waals surface area (Å²) in [6, 6.07) is 10.2. The third-order valence-corrected chi connectivity index (χ3v) is 4.97. The van der Waals surface area contributed by atoms with E-state index in [1.165, 1.54) is 10.9 Å². The largest absolute Gasteiger partial charge is 0.342 e. The quantitative estimate of drug-likeness (QED) is 0.811. The summed E-state index contributed by atoms with van der Waals surface area (Å²) in [6.07, 6.45) is 2.27. The van der Waals surface area contributed by atoms with Crippen LogP contribution in [0.25, 0.3) is 10.9 Å². The number of hydrogen-bond acceptors (Lipinski definition) is 3. The highest BCUT2D eigenvalue weighted by Crippen LogP contribution is 2.28. The van der Waals surface area contributed by atoms with E-state index in [-0.39, 0.29) is 11.2 Å². The summed E-state index contributed by atoms with van der Waals surface area (Å²) in [6.45, 7) is 5.90. The van der Waals surface area contributed by atoms with Gasteiger partial charge in [0.2, 0.25) is 5.91 Å². The van der Waals surface area contributed by atoms with Gasteiger partial charge in [-0.25, -0.2) is 4.98 Å². The van der Waals surface area contributed by atoms with E-state index < -0.39 is 0 Å².